The Labute approximate surface area is 100.0 Å². The first-order valence-electron chi connectivity index (χ1n) is 4.83. The quantitative estimate of drug-likeness (QED) is 0.878. The van der Waals surface area contributed by atoms with Gasteiger partial charge < -0.3 is 9.84 Å². The highest BCUT2D eigenvalue weighted by molar-refractivity contribution is 7.90. The zero-order valence-electron chi connectivity index (χ0n) is 9.85. The van der Waals surface area contributed by atoms with Gasteiger partial charge in [-0.2, -0.15) is 0 Å². The Hall–Kier alpha value is -1.40. The standard InChI is InChI=1S/C11H14O5S/c1-7-8(11(12)13)4-5-10(17(3,14)15)9(7)6-16-2/h4-5H,6H2,1-3H3,(H,12,13). The maximum absolute atomic E-state index is 11.6. The average molecular weight is 258 g/mol. The van der Waals surface area contributed by atoms with Crippen molar-refractivity contribution in [3.8, 4) is 0 Å². The summed E-state index contributed by atoms with van der Waals surface area (Å²) in [6.07, 6.45) is 1.08. The molecule has 0 saturated carbocycles. The Bertz CT molecular complexity index is 545. The first-order chi connectivity index (χ1) is 7.79. The number of ether oxygens (including phenoxy) is 1. The van der Waals surface area contributed by atoms with Crippen LogP contribution in [0.4, 0.5) is 0 Å². The summed E-state index contributed by atoms with van der Waals surface area (Å²) < 4.78 is 28.0. The Morgan fingerprint density at radius 1 is 1.41 bits per heavy atom. The van der Waals surface area contributed by atoms with Crippen LogP contribution in [0.25, 0.3) is 0 Å². The van der Waals surface area contributed by atoms with Crippen LogP contribution in [-0.2, 0) is 21.2 Å². The molecule has 0 aliphatic heterocycles. The van der Waals surface area contributed by atoms with Crippen LogP contribution in [0.2, 0.25) is 0 Å². The molecule has 17 heavy (non-hydrogen) atoms. The number of benzene rings is 1. The molecule has 0 fully saturated rings. The molecule has 0 heterocycles. The molecule has 1 aromatic carbocycles. The van der Waals surface area contributed by atoms with Gasteiger partial charge >= 0.3 is 5.97 Å². The number of carboxylic acids is 1. The van der Waals surface area contributed by atoms with Crippen molar-refractivity contribution < 1.29 is 23.1 Å². The predicted octanol–water partition coefficient (Wildman–Crippen LogP) is 1.24. The van der Waals surface area contributed by atoms with Crippen LogP contribution in [-0.4, -0.2) is 32.9 Å². The van der Waals surface area contributed by atoms with Gasteiger partial charge in [0.05, 0.1) is 17.1 Å². The van der Waals surface area contributed by atoms with E-state index in [1.54, 1.807) is 6.92 Å². The summed E-state index contributed by atoms with van der Waals surface area (Å²) in [6.45, 7) is 1.64. The van der Waals surface area contributed by atoms with E-state index in [9.17, 15) is 13.2 Å². The summed E-state index contributed by atoms with van der Waals surface area (Å²) in [4.78, 5) is 11.1. The summed E-state index contributed by atoms with van der Waals surface area (Å²) in [7, 11) is -1.96. The molecule has 0 aliphatic rings. The van der Waals surface area contributed by atoms with Gasteiger partial charge in [-0.3, -0.25) is 0 Å². The van der Waals surface area contributed by atoms with Gasteiger partial charge in [-0.1, -0.05) is 0 Å². The van der Waals surface area contributed by atoms with Crippen molar-refractivity contribution in [3.63, 3.8) is 0 Å². The predicted molar refractivity (Wildman–Crippen MR) is 62.0 cm³/mol. The van der Waals surface area contributed by atoms with E-state index in [1.165, 1.54) is 19.2 Å². The molecule has 1 rings (SSSR count). The van der Waals surface area contributed by atoms with Crippen LogP contribution in [0.1, 0.15) is 21.5 Å². The van der Waals surface area contributed by atoms with Gasteiger partial charge in [-0.05, 0) is 24.6 Å². The third-order valence-corrected chi connectivity index (χ3v) is 3.66. The van der Waals surface area contributed by atoms with E-state index < -0.39 is 15.8 Å². The number of carboxylic acid groups (broad SMARTS) is 1. The summed E-state index contributed by atoms with van der Waals surface area (Å²) in [5.74, 6) is -1.08. The van der Waals surface area contributed by atoms with E-state index in [4.69, 9.17) is 9.84 Å². The molecule has 0 atom stereocenters. The van der Waals surface area contributed by atoms with Crippen LogP contribution >= 0.6 is 0 Å². The van der Waals surface area contributed by atoms with Gasteiger partial charge in [0.25, 0.3) is 0 Å². The van der Waals surface area contributed by atoms with Gasteiger partial charge in [0.1, 0.15) is 0 Å². The number of carbonyl (C=O) groups is 1. The highest BCUT2D eigenvalue weighted by Gasteiger charge is 2.19. The number of sulfone groups is 1. The molecule has 5 nitrogen and oxygen atoms in total. The SMILES string of the molecule is COCc1c(S(C)(=O)=O)ccc(C(=O)O)c1C. The van der Waals surface area contributed by atoms with E-state index >= 15 is 0 Å². The normalized spacial score (nSPS) is 11.5. The number of rotatable bonds is 4. The van der Waals surface area contributed by atoms with Gasteiger partial charge in [0, 0.05) is 18.9 Å². The zero-order valence-corrected chi connectivity index (χ0v) is 10.7. The van der Waals surface area contributed by atoms with Crippen molar-refractivity contribution >= 4 is 15.8 Å². The lowest BCUT2D eigenvalue weighted by molar-refractivity contribution is 0.0695. The minimum Gasteiger partial charge on any atom is -0.478 e. The zero-order chi connectivity index (χ0) is 13.2. The molecule has 0 spiro atoms. The van der Waals surface area contributed by atoms with Crippen LogP contribution in [0, 0.1) is 6.92 Å². The van der Waals surface area contributed by atoms with Gasteiger partial charge in [-0.25, -0.2) is 13.2 Å². The Morgan fingerprint density at radius 3 is 2.41 bits per heavy atom. The number of aromatic carboxylic acids is 1. The maximum atomic E-state index is 11.6. The van der Waals surface area contributed by atoms with Crippen molar-refractivity contribution in [2.24, 2.45) is 0 Å². The molecule has 1 aromatic rings. The first-order valence-corrected chi connectivity index (χ1v) is 6.73. The lowest BCUT2D eigenvalue weighted by atomic mass is 10.0. The van der Waals surface area contributed by atoms with E-state index in [2.05, 4.69) is 0 Å². The molecule has 0 aliphatic carbocycles. The topological polar surface area (TPSA) is 80.7 Å². The molecule has 6 heteroatoms. The summed E-state index contributed by atoms with van der Waals surface area (Å²) in [6, 6.07) is 2.60. The molecule has 0 amide bonds. The third-order valence-electron chi connectivity index (χ3n) is 2.47. The highest BCUT2D eigenvalue weighted by atomic mass is 32.2. The number of hydrogen-bond acceptors (Lipinski definition) is 4. The molecule has 0 saturated heterocycles. The fraction of sp³-hybridized carbons (Fsp3) is 0.364. The van der Waals surface area contributed by atoms with Crippen LogP contribution in [0.3, 0.4) is 0 Å². The van der Waals surface area contributed by atoms with E-state index in [1.807, 2.05) is 0 Å². The Kier molecular flexibility index (Phi) is 3.90. The molecule has 0 unspecified atom stereocenters. The van der Waals surface area contributed by atoms with E-state index in [0.29, 0.717) is 11.1 Å². The van der Waals surface area contributed by atoms with Crippen LogP contribution in [0.5, 0.6) is 0 Å². The van der Waals surface area contributed by atoms with Crippen molar-refractivity contribution in [1.29, 1.82) is 0 Å². The molecule has 0 aromatic heterocycles. The minimum absolute atomic E-state index is 0.0648. The largest absolute Gasteiger partial charge is 0.478 e. The Balaban J connectivity index is 3.56. The molecule has 94 valence electrons. The monoisotopic (exact) mass is 258 g/mol. The summed E-state index contributed by atoms with van der Waals surface area (Å²) >= 11 is 0. The fourth-order valence-electron chi connectivity index (χ4n) is 1.63. The first kappa shape index (κ1) is 13.7. The second kappa shape index (κ2) is 4.85. The summed E-state index contributed by atoms with van der Waals surface area (Å²) in [5, 5.41) is 8.96. The highest BCUT2D eigenvalue weighted by Crippen LogP contribution is 2.23. The molecule has 0 radical (unpaired) electrons. The van der Waals surface area contributed by atoms with Gasteiger partial charge in [0.2, 0.25) is 0 Å². The lowest BCUT2D eigenvalue weighted by Gasteiger charge is -2.12. The molecule has 0 bridgehead atoms. The van der Waals surface area contributed by atoms with Crippen molar-refractivity contribution in [2.45, 2.75) is 18.4 Å². The van der Waals surface area contributed by atoms with Crippen molar-refractivity contribution in [3.05, 3.63) is 28.8 Å². The van der Waals surface area contributed by atoms with Gasteiger partial charge in [-0.15, -0.1) is 0 Å². The van der Waals surface area contributed by atoms with Crippen LogP contribution in [0.15, 0.2) is 17.0 Å². The van der Waals surface area contributed by atoms with Crippen molar-refractivity contribution in [2.75, 3.05) is 13.4 Å². The average Bonchev–Trinajstić information content (AvgIpc) is 2.18. The van der Waals surface area contributed by atoms with Gasteiger partial charge in [0.15, 0.2) is 9.84 Å². The summed E-state index contributed by atoms with van der Waals surface area (Å²) in [5.41, 5.74) is 0.904. The minimum atomic E-state index is -3.39. The molecular formula is C11H14O5S. The lowest BCUT2D eigenvalue weighted by Crippen LogP contribution is -2.10. The second-order valence-electron chi connectivity index (χ2n) is 3.73. The Morgan fingerprint density at radius 2 is 2.00 bits per heavy atom. The maximum Gasteiger partial charge on any atom is 0.335 e. The van der Waals surface area contributed by atoms with Crippen LogP contribution < -0.4 is 0 Å². The second-order valence-corrected chi connectivity index (χ2v) is 5.71. The van der Waals surface area contributed by atoms with E-state index in [0.717, 1.165) is 6.26 Å². The number of methoxy groups -OCH3 is 1. The molecular weight excluding hydrogens is 244 g/mol. The fourth-order valence-corrected chi connectivity index (χ4v) is 2.61. The van der Waals surface area contributed by atoms with Crippen molar-refractivity contribution in [1.82, 2.24) is 0 Å². The molecule has 1 N–H and O–H groups in total. The third kappa shape index (κ3) is 2.83. The number of hydrogen-bond donors (Lipinski definition) is 1. The smallest absolute Gasteiger partial charge is 0.335 e. The van der Waals surface area contributed by atoms with E-state index in [-0.39, 0.29) is 17.1 Å².